The van der Waals surface area contributed by atoms with Crippen LogP contribution in [0.2, 0.25) is 5.02 Å². The normalized spacial score (nSPS) is 11.1. The monoisotopic (exact) mass is 379 g/mol. The van der Waals surface area contributed by atoms with Crippen molar-refractivity contribution in [3.63, 3.8) is 0 Å². The van der Waals surface area contributed by atoms with Crippen molar-refractivity contribution in [2.45, 2.75) is 0 Å². The molecular formula is C16H11BrClNO3. The highest BCUT2D eigenvalue weighted by Crippen LogP contribution is 2.17. The molecule has 0 aliphatic carbocycles. The summed E-state index contributed by atoms with van der Waals surface area (Å²) in [6.07, 6.45) is 0.872. The van der Waals surface area contributed by atoms with Gasteiger partial charge < -0.3 is 10.4 Å². The summed E-state index contributed by atoms with van der Waals surface area (Å²) in [6, 6.07) is 13.1. The van der Waals surface area contributed by atoms with E-state index in [1.165, 1.54) is 0 Å². The molecule has 0 aliphatic rings. The molecule has 2 N–H and O–H groups in total. The van der Waals surface area contributed by atoms with Gasteiger partial charge in [0.2, 0.25) is 5.78 Å². The predicted octanol–water partition coefficient (Wildman–Crippen LogP) is 4.21. The first kappa shape index (κ1) is 16.3. The van der Waals surface area contributed by atoms with E-state index in [-0.39, 0.29) is 5.76 Å². The molecule has 2 aromatic rings. The van der Waals surface area contributed by atoms with Gasteiger partial charge in [-0.3, -0.25) is 9.59 Å². The molecule has 6 heteroatoms. The molecule has 0 atom stereocenters. The van der Waals surface area contributed by atoms with Crippen LogP contribution in [0.3, 0.4) is 0 Å². The number of amides is 1. The first-order valence-corrected chi connectivity index (χ1v) is 7.40. The molecule has 0 saturated heterocycles. The van der Waals surface area contributed by atoms with Gasteiger partial charge in [0.05, 0.1) is 0 Å². The molecule has 112 valence electrons. The van der Waals surface area contributed by atoms with Crippen LogP contribution in [-0.4, -0.2) is 16.8 Å². The maximum absolute atomic E-state index is 11.8. The highest BCUT2D eigenvalue weighted by molar-refractivity contribution is 9.10. The Morgan fingerprint density at radius 3 is 2.45 bits per heavy atom. The van der Waals surface area contributed by atoms with Gasteiger partial charge >= 0.3 is 0 Å². The van der Waals surface area contributed by atoms with Gasteiger partial charge in [-0.2, -0.15) is 0 Å². The minimum Gasteiger partial charge on any atom is -0.507 e. The average molecular weight is 381 g/mol. The number of anilines is 1. The van der Waals surface area contributed by atoms with Gasteiger partial charge in [-0.1, -0.05) is 33.6 Å². The highest BCUT2D eigenvalue weighted by Gasteiger charge is 2.13. The number of ketones is 1. The Labute approximate surface area is 140 Å². The lowest BCUT2D eigenvalue weighted by Gasteiger charge is -2.04. The molecule has 0 unspecified atom stereocenters. The third kappa shape index (κ3) is 4.44. The minimum atomic E-state index is -0.854. The quantitative estimate of drug-likeness (QED) is 0.474. The Hall–Kier alpha value is -2.11. The molecule has 0 aromatic heterocycles. The lowest BCUT2D eigenvalue weighted by molar-refractivity contribution is -0.131. The zero-order valence-electron chi connectivity index (χ0n) is 11.2. The van der Waals surface area contributed by atoms with Crippen molar-refractivity contribution in [3.8, 4) is 0 Å². The number of halogens is 2. The Balaban J connectivity index is 2.08. The summed E-state index contributed by atoms with van der Waals surface area (Å²) >= 11 is 9.01. The molecule has 0 heterocycles. The van der Waals surface area contributed by atoms with Crippen LogP contribution in [0.15, 0.2) is 59.1 Å². The number of carbonyl (C=O) groups excluding carboxylic acids is 2. The summed E-state index contributed by atoms with van der Waals surface area (Å²) in [6.45, 7) is 0. The van der Waals surface area contributed by atoms with Crippen LogP contribution in [0, 0.1) is 0 Å². The third-order valence-electron chi connectivity index (χ3n) is 2.71. The molecule has 4 nitrogen and oxygen atoms in total. The van der Waals surface area contributed by atoms with E-state index >= 15 is 0 Å². The van der Waals surface area contributed by atoms with Crippen molar-refractivity contribution in [3.05, 3.63) is 69.7 Å². The largest absolute Gasteiger partial charge is 0.507 e. The van der Waals surface area contributed by atoms with Crippen LogP contribution in [0.5, 0.6) is 0 Å². The average Bonchev–Trinajstić information content (AvgIpc) is 2.47. The number of aliphatic hydroxyl groups excluding tert-OH is 1. The lowest BCUT2D eigenvalue weighted by atomic mass is 10.1. The van der Waals surface area contributed by atoms with E-state index in [0.717, 1.165) is 10.5 Å². The molecule has 0 saturated carbocycles. The van der Waals surface area contributed by atoms with Crippen molar-refractivity contribution >= 4 is 50.7 Å². The van der Waals surface area contributed by atoms with Crippen LogP contribution < -0.4 is 5.32 Å². The maximum atomic E-state index is 11.8. The van der Waals surface area contributed by atoms with E-state index in [1.807, 2.05) is 0 Å². The number of nitrogens with one attached hydrogen (secondary N) is 1. The second kappa shape index (κ2) is 7.24. The van der Waals surface area contributed by atoms with Crippen LogP contribution >= 0.6 is 27.5 Å². The number of benzene rings is 2. The second-order valence-corrected chi connectivity index (χ2v) is 5.72. The zero-order chi connectivity index (χ0) is 16.1. The van der Waals surface area contributed by atoms with E-state index in [4.69, 9.17) is 11.6 Å². The van der Waals surface area contributed by atoms with Crippen molar-refractivity contribution in [2.24, 2.45) is 0 Å². The van der Waals surface area contributed by atoms with Gasteiger partial charge in [-0.05, 0) is 42.5 Å². The van der Waals surface area contributed by atoms with Gasteiger partial charge in [0, 0.05) is 26.8 Å². The molecule has 0 fully saturated rings. The second-order valence-electron chi connectivity index (χ2n) is 4.37. The Morgan fingerprint density at radius 1 is 1.14 bits per heavy atom. The molecular weight excluding hydrogens is 370 g/mol. The first-order valence-electron chi connectivity index (χ1n) is 6.23. The molecule has 0 bridgehead atoms. The fourth-order valence-electron chi connectivity index (χ4n) is 1.65. The van der Waals surface area contributed by atoms with Gasteiger partial charge in [0.15, 0.2) is 0 Å². The molecule has 0 spiro atoms. The Morgan fingerprint density at radius 2 is 1.82 bits per heavy atom. The topological polar surface area (TPSA) is 66.4 Å². The van der Waals surface area contributed by atoms with Crippen LogP contribution in [0.4, 0.5) is 5.69 Å². The van der Waals surface area contributed by atoms with Gasteiger partial charge in [0.25, 0.3) is 5.91 Å². The maximum Gasteiger partial charge on any atom is 0.296 e. The van der Waals surface area contributed by atoms with E-state index < -0.39 is 11.7 Å². The number of hydrogen-bond donors (Lipinski definition) is 2. The number of aliphatic hydroxyl groups is 1. The standard InChI is InChI=1S/C16H11BrClNO3/c17-11-2-1-3-13(8-11)19-16(22)15(21)9-14(20)10-4-6-12(18)7-5-10/h1-9,20H,(H,19,22). The summed E-state index contributed by atoms with van der Waals surface area (Å²) in [5, 5.41) is 12.8. The molecule has 0 aliphatic heterocycles. The van der Waals surface area contributed by atoms with E-state index in [0.29, 0.717) is 16.3 Å². The molecule has 22 heavy (non-hydrogen) atoms. The van der Waals surface area contributed by atoms with Crippen LogP contribution in [0.1, 0.15) is 5.56 Å². The number of carbonyl (C=O) groups is 2. The van der Waals surface area contributed by atoms with Gasteiger partial charge in [-0.15, -0.1) is 0 Å². The summed E-state index contributed by atoms with van der Waals surface area (Å²) < 4.78 is 0.775. The predicted molar refractivity (Wildman–Crippen MR) is 89.8 cm³/mol. The fraction of sp³-hybridized carbons (Fsp3) is 0. The first-order chi connectivity index (χ1) is 10.5. The summed E-state index contributed by atoms with van der Waals surface area (Å²) in [5.41, 5.74) is 0.875. The van der Waals surface area contributed by atoms with Crippen molar-refractivity contribution in [1.82, 2.24) is 0 Å². The SMILES string of the molecule is O=C(C=C(O)c1ccc(Cl)cc1)C(=O)Nc1cccc(Br)c1. The smallest absolute Gasteiger partial charge is 0.296 e. The summed E-state index contributed by atoms with van der Waals surface area (Å²) in [4.78, 5) is 23.6. The number of hydrogen-bond acceptors (Lipinski definition) is 3. The van der Waals surface area contributed by atoms with Crippen LogP contribution in [-0.2, 0) is 9.59 Å². The highest BCUT2D eigenvalue weighted by atomic mass is 79.9. The third-order valence-corrected chi connectivity index (χ3v) is 3.46. The van der Waals surface area contributed by atoms with Gasteiger partial charge in [0.1, 0.15) is 5.76 Å². The lowest BCUT2D eigenvalue weighted by Crippen LogP contribution is -2.21. The number of rotatable bonds is 4. The van der Waals surface area contributed by atoms with Gasteiger partial charge in [-0.25, -0.2) is 0 Å². The van der Waals surface area contributed by atoms with Crippen molar-refractivity contribution < 1.29 is 14.7 Å². The molecule has 0 radical (unpaired) electrons. The zero-order valence-corrected chi connectivity index (χ0v) is 13.6. The van der Waals surface area contributed by atoms with Crippen LogP contribution in [0.25, 0.3) is 5.76 Å². The molecule has 2 aromatic carbocycles. The molecule has 1 amide bonds. The Bertz CT molecular complexity index is 741. The van der Waals surface area contributed by atoms with E-state index in [1.54, 1.807) is 48.5 Å². The summed E-state index contributed by atoms with van der Waals surface area (Å²) in [7, 11) is 0. The minimum absolute atomic E-state index is 0.300. The summed E-state index contributed by atoms with van der Waals surface area (Å²) in [5.74, 6) is -1.99. The Kier molecular flexibility index (Phi) is 5.35. The van der Waals surface area contributed by atoms with E-state index in [2.05, 4.69) is 21.2 Å². The fourth-order valence-corrected chi connectivity index (χ4v) is 2.18. The van der Waals surface area contributed by atoms with E-state index in [9.17, 15) is 14.7 Å². The van der Waals surface area contributed by atoms with Crippen molar-refractivity contribution in [1.29, 1.82) is 0 Å². The van der Waals surface area contributed by atoms with Crippen molar-refractivity contribution in [2.75, 3.05) is 5.32 Å². The molecule has 2 rings (SSSR count).